The molecule has 108 valence electrons. The SMILES string of the molecule is CC(C)Oc1cncc(C(COC(C)(C)C)NN)c1. The number of pyridine rings is 1. The van der Waals surface area contributed by atoms with E-state index in [0.29, 0.717) is 6.61 Å². The highest BCUT2D eigenvalue weighted by molar-refractivity contribution is 5.26. The molecule has 0 bridgehead atoms. The summed E-state index contributed by atoms with van der Waals surface area (Å²) in [5.74, 6) is 6.33. The molecule has 0 radical (unpaired) electrons. The molecule has 1 atom stereocenters. The third-order valence-corrected chi connectivity index (χ3v) is 2.39. The van der Waals surface area contributed by atoms with Gasteiger partial charge in [-0.15, -0.1) is 0 Å². The van der Waals surface area contributed by atoms with Gasteiger partial charge in [0, 0.05) is 6.20 Å². The van der Waals surface area contributed by atoms with Gasteiger partial charge in [-0.3, -0.25) is 16.3 Å². The summed E-state index contributed by atoms with van der Waals surface area (Å²) >= 11 is 0. The van der Waals surface area contributed by atoms with Crippen molar-refractivity contribution in [3.63, 3.8) is 0 Å². The fraction of sp³-hybridized carbons (Fsp3) is 0.643. The molecular formula is C14H25N3O2. The molecule has 1 heterocycles. The van der Waals surface area contributed by atoms with Crippen LogP contribution >= 0.6 is 0 Å². The van der Waals surface area contributed by atoms with Gasteiger partial charge >= 0.3 is 0 Å². The molecule has 0 aliphatic carbocycles. The molecule has 0 fully saturated rings. The van der Waals surface area contributed by atoms with Crippen LogP contribution in [-0.2, 0) is 4.74 Å². The molecule has 0 saturated carbocycles. The Bertz CT molecular complexity index is 389. The van der Waals surface area contributed by atoms with Gasteiger partial charge in [0.2, 0.25) is 0 Å². The second kappa shape index (κ2) is 6.84. The van der Waals surface area contributed by atoms with Crippen LogP contribution in [0, 0.1) is 0 Å². The molecule has 5 nitrogen and oxygen atoms in total. The van der Waals surface area contributed by atoms with Gasteiger partial charge in [-0.2, -0.15) is 0 Å². The van der Waals surface area contributed by atoms with Crippen molar-refractivity contribution < 1.29 is 9.47 Å². The van der Waals surface area contributed by atoms with Crippen LogP contribution in [-0.4, -0.2) is 23.3 Å². The highest BCUT2D eigenvalue weighted by Gasteiger charge is 2.17. The van der Waals surface area contributed by atoms with Crippen molar-refractivity contribution in [1.29, 1.82) is 0 Å². The minimum atomic E-state index is -0.200. The lowest BCUT2D eigenvalue weighted by Gasteiger charge is -2.24. The summed E-state index contributed by atoms with van der Waals surface area (Å²) in [5, 5.41) is 0. The molecule has 1 rings (SSSR count). The third kappa shape index (κ3) is 6.00. The van der Waals surface area contributed by atoms with Gasteiger partial charge in [0.1, 0.15) is 5.75 Å². The van der Waals surface area contributed by atoms with E-state index in [1.807, 2.05) is 40.7 Å². The van der Waals surface area contributed by atoms with E-state index in [-0.39, 0.29) is 17.7 Å². The van der Waals surface area contributed by atoms with E-state index >= 15 is 0 Å². The third-order valence-electron chi connectivity index (χ3n) is 2.39. The number of ether oxygens (including phenoxy) is 2. The first-order chi connectivity index (χ1) is 8.81. The lowest BCUT2D eigenvalue weighted by molar-refractivity contribution is -0.0148. The maximum absolute atomic E-state index is 5.75. The summed E-state index contributed by atoms with van der Waals surface area (Å²) in [6.45, 7) is 10.5. The van der Waals surface area contributed by atoms with E-state index in [1.54, 1.807) is 12.4 Å². The van der Waals surface area contributed by atoms with E-state index in [9.17, 15) is 0 Å². The molecule has 0 saturated heterocycles. The van der Waals surface area contributed by atoms with E-state index < -0.39 is 0 Å². The number of nitrogens with two attached hydrogens (primary N) is 1. The van der Waals surface area contributed by atoms with Gasteiger partial charge in [0.15, 0.2) is 0 Å². The topological polar surface area (TPSA) is 69.4 Å². The van der Waals surface area contributed by atoms with Crippen LogP contribution in [0.4, 0.5) is 0 Å². The van der Waals surface area contributed by atoms with Crippen LogP contribution in [0.15, 0.2) is 18.5 Å². The number of hydrogen-bond donors (Lipinski definition) is 2. The van der Waals surface area contributed by atoms with Gasteiger partial charge in [-0.1, -0.05) is 0 Å². The molecule has 19 heavy (non-hydrogen) atoms. The molecule has 0 aromatic carbocycles. The maximum Gasteiger partial charge on any atom is 0.138 e. The number of aromatic nitrogens is 1. The second-order valence-corrected chi connectivity index (χ2v) is 5.76. The predicted molar refractivity (Wildman–Crippen MR) is 75.8 cm³/mol. The Labute approximate surface area is 115 Å². The van der Waals surface area contributed by atoms with Crippen molar-refractivity contribution >= 4 is 0 Å². The highest BCUT2D eigenvalue weighted by atomic mass is 16.5. The van der Waals surface area contributed by atoms with Gasteiger partial charge in [0.05, 0.1) is 30.6 Å². The van der Waals surface area contributed by atoms with Gasteiger partial charge in [0.25, 0.3) is 0 Å². The molecule has 0 aliphatic heterocycles. The van der Waals surface area contributed by atoms with Crippen molar-refractivity contribution in [3.8, 4) is 5.75 Å². The lowest BCUT2D eigenvalue weighted by atomic mass is 10.1. The van der Waals surface area contributed by atoms with Crippen LogP contribution in [0.3, 0.4) is 0 Å². The Kier molecular flexibility index (Phi) is 5.72. The first-order valence-electron chi connectivity index (χ1n) is 6.53. The summed E-state index contributed by atoms with van der Waals surface area (Å²) in [4.78, 5) is 4.17. The second-order valence-electron chi connectivity index (χ2n) is 5.76. The number of hydrogen-bond acceptors (Lipinski definition) is 5. The van der Waals surface area contributed by atoms with Gasteiger partial charge < -0.3 is 9.47 Å². The summed E-state index contributed by atoms with van der Waals surface area (Å²) in [7, 11) is 0. The maximum atomic E-state index is 5.75. The standard InChI is InChI=1S/C14H25N3O2/c1-10(2)19-12-6-11(7-16-8-12)13(17-15)9-18-14(3,4)5/h6-8,10,13,17H,9,15H2,1-5H3. The van der Waals surface area contributed by atoms with Crippen molar-refractivity contribution in [2.24, 2.45) is 5.84 Å². The number of nitrogens with one attached hydrogen (secondary N) is 1. The fourth-order valence-corrected chi connectivity index (χ4v) is 1.54. The van der Waals surface area contributed by atoms with Crippen LogP contribution < -0.4 is 16.0 Å². The summed E-state index contributed by atoms with van der Waals surface area (Å²) < 4.78 is 11.4. The number of nitrogens with zero attached hydrogens (tertiary/aromatic N) is 1. The summed E-state index contributed by atoms with van der Waals surface area (Å²) in [6.07, 6.45) is 3.58. The minimum absolute atomic E-state index is 0.109. The number of hydrazine groups is 1. The van der Waals surface area contributed by atoms with E-state index in [1.165, 1.54) is 0 Å². The van der Waals surface area contributed by atoms with Crippen molar-refractivity contribution in [2.75, 3.05) is 6.61 Å². The van der Waals surface area contributed by atoms with Crippen LogP contribution in [0.5, 0.6) is 5.75 Å². The smallest absolute Gasteiger partial charge is 0.138 e. The largest absolute Gasteiger partial charge is 0.489 e. The molecule has 1 aromatic rings. The molecule has 0 spiro atoms. The Hall–Kier alpha value is -1.17. The predicted octanol–water partition coefficient (Wildman–Crippen LogP) is 2.19. The van der Waals surface area contributed by atoms with Crippen molar-refractivity contribution in [2.45, 2.75) is 52.4 Å². The molecule has 0 aliphatic rings. The number of rotatable bonds is 6. The molecular weight excluding hydrogens is 242 g/mol. The Morgan fingerprint density at radius 1 is 1.32 bits per heavy atom. The molecule has 5 heteroatoms. The quantitative estimate of drug-likeness (QED) is 0.611. The van der Waals surface area contributed by atoms with E-state index in [0.717, 1.165) is 11.3 Å². The Morgan fingerprint density at radius 3 is 2.53 bits per heavy atom. The Balaban J connectivity index is 2.75. The average molecular weight is 267 g/mol. The monoisotopic (exact) mass is 267 g/mol. The van der Waals surface area contributed by atoms with Crippen LogP contribution in [0.25, 0.3) is 0 Å². The average Bonchev–Trinajstić information content (AvgIpc) is 2.28. The zero-order valence-electron chi connectivity index (χ0n) is 12.4. The highest BCUT2D eigenvalue weighted by Crippen LogP contribution is 2.20. The minimum Gasteiger partial charge on any atom is -0.489 e. The summed E-state index contributed by atoms with van der Waals surface area (Å²) in [5.41, 5.74) is 3.50. The normalized spacial score (nSPS) is 13.6. The fourth-order valence-electron chi connectivity index (χ4n) is 1.54. The molecule has 1 unspecified atom stereocenters. The molecule has 3 N–H and O–H groups in total. The van der Waals surface area contributed by atoms with E-state index in [4.69, 9.17) is 15.3 Å². The first kappa shape index (κ1) is 15.9. The van der Waals surface area contributed by atoms with Gasteiger partial charge in [-0.25, -0.2) is 0 Å². The zero-order valence-corrected chi connectivity index (χ0v) is 12.4. The lowest BCUT2D eigenvalue weighted by Crippen LogP contribution is -2.34. The van der Waals surface area contributed by atoms with Crippen LogP contribution in [0.1, 0.15) is 46.2 Å². The summed E-state index contributed by atoms with van der Waals surface area (Å²) in [6, 6.07) is 1.83. The van der Waals surface area contributed by atoms with Gasteiger partial charge in [-0.05, 0) is 46.2 Å². The van der Waals surface area contributed by atoms with Crippen molar-refractivity contribution in [1.82, 2.24) is 10.4 Å². The molecule has 1 aromatic heterocycles. The van der Waals surface area contributed by atoms with Crippen LogP contribution in [0.2, 0.25) is 0 Å². The Morgan fingerprint density at radius 2 is 2.00 bits per heavy atom. The first-order valence-corrected chi connectivity index (χ1v) is 6.53. The zero-order chi connectivity index (χ0) is 14.5. The van der Waals surface area contributed by atoms with Crippen molar-refractivity contribution in [3.05, 3.63) is 24.0 Å². The molecule has 0 amide bonds. The van der Waals surface area contributed by atoms with E-state index in [2.05, 4.69) is 10.4 Å².